The summed E-state index contributed by atoms with van der Waals surface area (Å²) in [5.74, 6) is -0.500. The first-order valence-electron chi connectivity index (χ1n) is 5.35. The van der Waals surface area contributed by atoms with Crippen molar-refractivity contribution in [2.75, 3.05) is 6.54 Å². The molecule has 0 aromatic heterocycles. The number of carbonyl (C=O) groups excluding carboxylic acids is 1. The summed E-state index contributed by atoms with van der Waals surface area (Å²) in [4.78, 5) is 11.2. The molecule has 0 fully saturated rings. The maximum Gasteiger partial charge on any atom is 0.237 e. The molecule has 1 aromatic rings. The van der Waals surface area contributed by atoms with Crippen LogP contribution < -0.4 is 5.32 Å². The van der Waals surface area contributed by atoms with E-state index in [4.69, 9.17) is 11.6 Å². The average molecular weight is 258 g/mol. The summed E-state index contributed by atoms with van der Waals surface area (Å²) in [5.41, 5.74) is 1.75. The van der Waals surface area contributed by atoms with Crippen molar-refractivity contribution < 1.29 is 15.0 Å². The number of rotatable bonds is 4. The van der Waals surface area contributed by atoms with Gasteiger partial charge in [0.05, 0.1) is 0 Å². The molecule has 0 saturated carbocycles. The van der Waals surface area contributed by atoms with Crippen LogP contribution >= 0.6 is 11.6 Å². The number of amides is 1. The van der Waals surface area contributed by atoms with Gasteiger partial charge >= 0.3 is 0 Å². The van der Waals surface area contributed by atoms with Crippen LogP contribution in [0.25, 0.3) is 0 Å². The molecule has 0 heterocycles. The van der Waals surface area contributed by atoms with Gasteiger partial charge in [0.15, 0.2) is 11.5 Å². The summed E-state index contributed by atoms with van der Waals surface area (Å²) in [7, 11) is 0. The zero-order valence-corrected chi connectivity index (χ0v) is 10.6. The topological polar surface area (TPSA) is 69.6 Å². The van der Waals surface area contributed by atoms with Crippen molar-refractivity contribution in [1.29, 1.82) is 0 Å². The highest BCUT2D eigenvalue weighted by molar-refractivity contribution is 6.30. The number of aromatic hydroxyl groups is 2. The molecule has 0 aliphatic carbocycles. The molecule has 0 spiro atoms. The predicted molar refractivity (Wildman–Crippen MR) is 66.5 cm³/mol. The summed E-state index contributed by atoms with van der Waals surface area (Å²) >= 11 is 5.60. The van der Waals surface area contributed by atoms with Crippen LogP contribution in [0.5, 0.6) is 11.5 Å². The Kier molecular flexibility index (Phi) is 4.63. The molecule has 0 aliphatic rings. The van der Waals surface area contributed by atoms with E-state index < -0.39 is 5.38 Å². The van der Waals surface area contributed by atoms with Crippen molar-refractivity contribution in [3.8, 4) is 11.5 Å². The molecule has 1 unspecified atom stereocenters. The van der Waals surface area contributed by atoms with Gasteiger partial charge in [0.25, 0.3) is 0 Å². The first-order valence-corrected chi connectivity index (χ1v) is 5.78. The van der Waals surface area contributed by atoms with Gasteiger partial charge < -0.3 is 15.5 Å². The van der Waals surface area contributed by atoms with E-state index >= 15 is 0 Å². The molecule has 94 valence electrons. The van der Waals surface area contributed by atoms with Crippen LogP contribution in [0.3, 0.4) is 0 Å². The quantitative estimate of drug-likeness (QED) is 0.568. The van der Waals surface area contributed by atoms with Crippen molar-refractivity contribution in [3.05, 3.63) is 23.3 Å². The Labute approximate surface area is 105 Å². The van der Waals surface area contributed by atoms with Crippen molar-refractivity contribution in [1.82, 2.24) is 5.32 Å². The number of nitrogens with one attached hydrogen (secondary N) is 1. The lowest BCUT2D eigenvalue weighted by molar-refractivity contribution is -0.120. The van der Waals surface area contributed by atoms with Crippen LogP contribution in [-0.4, -0.2) is 28.0 Å². The summed E-state index contributed by atoms with van der Waals surface area (Å²) in [6, 6.07) is 3.00. The van der Waals surface area contributed by atoms with E-state index in [1.807, 2.05) is 6.92 Å². The molecule has 1 aromatic carbocycles. The normalized spacial score (nSPS) is 12.2. The Hall–Kier alpha value is -1.42. The van der Waals surface area contributed by atoms with E-state index in [0.717, 1.165) is 11.1 Å². The molecule has 0 saturated heterocycles. The minimum Gasteiger partial charge on any atom is -0.504 e. The standard InChI is InChI=1S/C12H16ClNO3/c1-7-5-10(15)11(16)6-9(7)3-4-14-12(17)8(2)13/h5-6,8,15-16H,3-4H2,1-2H3,(H,14,17). The number of phenols is 2. The van der Waals surface area contributed by atoms with Crippen LogP contribution in [0.1, 0.15) is 18.1 Å². The van der Waals surface area contributed by atoms with Gasteiger partial charge in [-0.15, -0.1) is 11.6 Å². The van der Waals surface area contributed by atoms with Gasteiger partial charge in [-0.05, 0) is 43.5 Å². The number of hydrogen-bond donors (Lipinski definition) is 3. The summed E-state index contributed by atoms with van der Waals surface area (Å²) < 4.78 is 0. The van der Waals surface area contributed by atoms with Gasteiger partial charge in [0.1, 0.15) is 5.38 Å². The average Bonchev–Trinajstić information content (AvgIpc) is 2.25. The Morgan fingerprint density at radius 2 is 2.00 bits per heavy atom. The van der Waals surface area contributed by atoms with E-state index in [1.165, 1.54) is 12.1 Å². The zero-order valence-electron chi connectivity index (χ0n) is 9.83. The fourth-order valence-corrected chi connectivity index (χ4v) is 1.53. The molecule has 1 rings (SSSR count). The second kappa shape index (κ2) is 5.77. The van der Waals surface area contributed by atoms with E-state index in [0.29, 0.717) is 13.0 Å². The maximum atomic E-state index is 11.2. The van der Waals surface area contributed by atoms with Crippen LogP contribution in [0, 0.1) is 6.92 Å². The van der Waals surface area contributed by atoms with Gasteiger partial charge in [-0.2, -0.15) is 0 Å². The smallest absolute Gasteiger partial charge is 0.237 e. The number of carbonyl (C=O) groups is 1. The minimum absolute atomic E-state index is 0.135. The third-order valence-corrected chi connectivity index (χ3v) is 2.69. The lowest BCUT2D eigenvalue weighted by Crippen LogP contribution is -2.31. The molecule has 5 heteroatoms. The second-order valence-corrected chi connectivity index (χ2v) is 4.58. The van der Waals surface area contributed by atoms with E-state index in [1.54, 1.807) is 6.92 Å². The molecule has 0 radical (unpaired) electrons. The number of aryl methyl sites for hydroxylation is 1. The first-order chi connectivity index (χ1) is 7.91. The van der Waals surface area contributed by atoms with Gasteiger partial charge in [-0.1, -0.05) is 0 Å². The van der Waals surface area contributed by atoms with Gasteiger partial charge in [-0.25, -0.2) is 0 Å². The highest BCUT2D eigenvalue weighted by atomic mass is 35.5. The van der Waals surface area contributed by atoms with Crippen molar-refractivity contribution in [3.63, 3.8) is 0 Å². The molecule has 0 bridgehead atoms. The van der Waals surface area contributed by atoms with Crippen molar-refractivity contribution in [2.24, 2.45) is 0 Å². The zero-order chi connectivity index (χ0) is 13.0. The van der Waals surface area contributed by atoms with Crippen LogP contribution in [0.2, 0.25) is 0 Å². The van der Waals surface area contributed by atoms with E-state index in [-0.39, 0.29) is 17.4 Å². The maximum absolute atomic E-state index is 11.2. The number of halogens is 1. The van der Waals surface area contributed by atoms with Crippen LogP contribution in [0.4, 0.5) is 0 Å². The van der Waals surface area contributed by atoms with Gasteiger partial charge in [-0.3, -0.25) is 4.79 Å². The fraction of sp³-hybridized carbons (Fsp3) is 0.417. The third kappa shape index (κ3) is 3.82. The van der Waals surface area contributed by atoms with E-state index in [9.17, 15) is 15.0 Å². The Morgan fingerprint density at radius 3 is 2.59 bits per heavy atom. The monoisotopic (exact) mass is 257 g/mol. The largest absolute Gasteiger partial charge is 0.504 e. The highest BCUT2D eigenvalue weighted by Gasteiger charge is 2.09. The van der Waals surface area contributed by atoms with Crippen molar-refractivity contribution in [2.45, 2.75) is 25.6 Å². The molecule has 1 atom stereocenters. The molecule has 1 amide bonds. The number of benzene rings is 1. The number of alkyl halides is 1. The van der Waals surface area contributed by atoms with Crippen molar-refractivity contribution >= 4 is 17.5 Å². The second-order valence-electron chi connectivity index (χ2n) is 3.92. The van der Waals surface area contributed by atoms with E-state index in [2.05, 4.69) is 5.32 Å². The number of phenolic OH excluding ortho intramolecular Hbond substituents is 2. The SMILES string of the molecule is Cc1cc(O)c(O)cc1CCNC(=O)C(C)Cl. The summed E-state index contributed by atoms with van der Waals surface area (Å²) in [6.07, 6.45) is 0.578. The highest BCUT2D eigenvalue weighted by Crippen LogP contribution is 2.27. The number of hydrogen-bond acceptors (Lipinski definition) is 3. The molecule has 4 nitrogen and oxygen atoms in total. The van der Waals surface area contributed by atoms with Crippen LogP contribution in [0.15, 0.2) is 12.1 Å². The van der Waals surface area contributed by atoms with Gasteiger partial charge in [0.2, 0.25) is 5.91 Å². The molecule has 17 heavy (non-hydrogen) atoms. The Morgan fingerprint density at radius 1 is 1.41 bits per heavy atom. The third-order valence-electron chi connectivity index (χ3n) is 2.49. The molecular weight excluding hydrogens is 242 g/mol. The lowest BCUT2D eigenvalue weighted by Gasteiger charge is -2.09. The fourth-order valence-electron chi connectivity index (χ4n) is 1.45. The first kappa shape index (κ1) is 13.6. The minimum atomic E-state index is -0.552. The summed E-state index contributed by atoms with van der Waals surface area (Å²) in [5, 5.41) is 20.8. The predicted octanol–water partition coefficient (Wildman–Crippen LogP) is 1.69. The molecule has 3 N–H and O–H groups in total. The van der Waals surface area contributed by atoms with Crippen LogP contribution in [-0.2, 0) is 11.2 Å². The molecular formula is C12H16ClNO3. The Balaban J connectivity index is 2.58. The molecule has 0 aliphatic heterocycles. The van der Waals surface area contributed by atoms with Gasteiger partial charge in [0, 0.05) is 6.54 Å². The summed E-state index contributed by atoms with van der Waals surface area (Å²) in [6.45, 7) is 3.88. The lowest BCUT2D eigenvalue weighted by atomic mass is 10.0. The Bertz CT molecular complexity index is 418.